The Labute approximate surface area is 112 Å². The van der Waals surface area contributed by atoms with Crippen LogP contribution in [0.2, 0.25) is 0 Å². The number of hydrogen-bond donors (Lipinski definition) is 2. The van der Waals surface area contributed by atoms with Crippen LogP contribution in [0.4, 0.5) is 0 Å². The fourth-order valence-corrected chi connectivity index (χ4v) is 2.62. The van der Waals surface area contributed by atoms with E-state index in [-0.39, 0.29) is 5.41 Å². The van der Waals surface area contributed by atoms with Crippen LogP contribution >= 0.6 is 11.3 Å². The van der Waals surface area contributed by atoms with Crippen molar-refractivity contribution in [2.24, 2.45) is 0 Å². The van der Waals surface area contributed by atoms with E-state index in [2.05, 4.69) is 46.6 Å². The van der Waals surface area contributed by atoms with Gasteiger partial charge < -0.3 is 5.32 Å². The lowest BCUT2D eigenvalue weighted by atomic mass is 9.89. The zero-order valence-corrected chi connectivity index (χ0v) is 12.2. The van der Waals surface area contributed by atoms with Gasteiger partial charge in [-0.25, -0.2) is 4.98 Å². The maximum atomic E-state index is 4.43. The fourth-order valence-electron chi connectivity index (χ4n) is 1.88. The molecule has 0 aromatic carbocycles. The van der Waals surface area contributed by atoms with Crippen molar-refractivity contribution in [3.63, 3.8) is 0 Å². The number of aromatic amines is 1. The summed E-state index contributed by atoms with van der Waals surface area (Å²) < 4.78 is 0. The highest BCUT2D eigenvalue weighted by Crippen LogP contribution is 2.23. The second kappa shape index (κ2) is 5.20. The van der Waals surface area contributed by atoms with Gasteiger partial charge >= 0.3 is 0 Å². The third-order valence-electron chi connectivity index (χ3n) is 2.73. The molecule has 0 aliphatic rings. The molecule has 0 amide bonds. The number of thiazole rings is 1. The molecule has 0 unspecified atom stereocenters. The Morgan fingerprint density at radius 2 is 2.11 bits per heavy atom. The van der Waals surface area contributed by atoms with Gasteiger partial charge in [0.1, 0.15) is 5.01 Å². The quantitative estimate of drug-likeness (QED) is 0.893. The van der Waals surface area contributed by atoms with Crippen molar-refractivity contribution in [3.8, 4) is 0 Å². The number of nitrogens with zero attached hydrogens (tertiary/aromatic N) is 2. The number of rotatable bonds is 4. The van der Waals surface area contributed by atoms with Gasteiger partial charge in [0.2, 0.25) is 0 Å². The molecule has 0 saturated heterocycles. The number of nitrogens with one attached hydrogen (secondary N) is 2. The Balaban J connectivity index is 1.93. The summed E-state index contributed by atoms with van der Waals surface area (Å²) in [5.41, 5.74) is 3.63. The van der Waals surface area contributed by atoms with E-state index in [0.717, 1.165) is 23.8 Å². The highest BCUT2D eigenvalue weighted by molar-refractivity contribution is 7.09. The largest absolute Gasteiger partial charge is 0.306 e. The van der Waals surface area contributed by atoms with Gasteiger partial charge in [0.25, 0.3) is 0 Å². The predicted molar refractivity (Wildman–Crippen MR) is 74.7 cm³/mol. The Morgan fingerprint density at radius 3 is 2.72 bits per heavy atom. The normalized spacial score (nSPS) is 12.0. The van der Waals surface area contributed by atoms with Crippen LogP contribution in [0.1, 0.15) is 42.7 Å². The summed E-state index contributed by atoms with van der Waals surface area (Å²) in [6.45, 7) is 10.2. The Morgan fingerprint density at radius 1 is 1.33 bits per heavy atom. The van der Waals surface area contributed by atoms with Crippen molar-refractivity contribution in [3.05, 3.63) is 33.5 Å². The molecule has 0 radical (unpaired) electrons. The van der Waals surface area contributed by atoms with E-state index in [9.17, 15) is 0 Å². The molecule has 2 rings (SSSR count). The monoisotopic (exact) mass is 264 g/mol. The van der Waals surface area contributed by atoms with Crippen LogP contribution in [0.5, 0.6) is 0 Å². The molecule has 18 heavy (non-hydrogen) atoms. The molecular formula is C13H20N4S. The van der Waals surface area contributed by atoms with E-state index in [4.69, 9.17) is 0 Å². The molecule has 98 valence electrons. The van der Waals surface area contributed by atoms with Crippen LogP contribution in [0.15, 0.2) is 11.6 Å². The van der Waals surface area contributed by atoms with Gasteiger partial charge in [0, 0.05) is 40.8 Å². The summed E-state index contributed by atoms with van der Waals surface area (Å²) in [4.78, 5) is 4.43. The molecule has 4 nitrogen and oxygen atoms in total. The Kier molecular flexibility index (Phi) is 3.82. The van der Waals surface area contributed by atoms with E-state index < -0.39 is 0 Å². The fraction of sp³-hybridized carbons (Fsp3) is 0.538. The SMILES string of the molecule is Cc1csc(CNCc2cn[nH]c2C(C)(C)C)n1. The molecular weight excluding hydrogens is 244 g/mol. The second-order valence-corrected chi connectivity index (χ2v) is 6.45. The minimum absolute atomic E-state index is 0.102. The molecule has 0 atom stereocenters. The lowest BCUT2D eigenvalue weighted by Gasteiger charge is -2.18. The van der Waals surface area contributed by atoms with E-state index in [1.54, 1.807) is 11.3 Å². The van der Waals surface area contributed by atoms with Crippen LogP contribution in [0.3, 0.4) is 0 Å². The van der Waals surface area contributed by atoms with E-state index in [0.29, 0.717) is 0 Å². The van der Waals surface area contributed by atoms with Crippen LogP contribution in [0, 0.1) is 6.92 Å². The first-order chi connectivity index (χ1) is 8.47. The first-order valence-corrected chi connectivity index (χ1v) is 6.99. The average molecular weight is 264 g/mol. The van der Waals surface area contributed by atoms with Gasteiger partial charge in [-0.2, -0.15) is 5.10 Å². The zero-order valence-electron chi connectivity index (χ0n) is 11.4. The second-order valence-electron chi connectivity index (χ2n) is 5.51. The summed E-state index contributed by atoms with van der Waals surface area (Å²) in [6, 6.07) is 0. The zero-order chi connectivity index (χ0) is 13.2. The molecule has 0 bridgehead atoms. The molecule has 2 aromatic heterocycles. The molecule has 0 fully saturated rings. The van der Waals surface area contributed by atoms with Crippen molar-refractivity contribution in [2.75, 3.05) is 0 Å². The van der Waals surface area contributed by atoms with Crippen molar-refractivity contribution in [1.29, 1.82) is 0 Å². The molecule has 0 aliphatic heterocycles. The van der Waals surface area contributed by atoms with Crippen molar-refractivity contribution in [2.45, 2.75) is 46.2 Å². The van der Waals surface area contributed by atoms with Crippen LogP contribution < -0.4 is 5.32 Å². The molecule has 0 saturated carbocycles. The number of H-pyrrole nitrogens is 1. The third-order valence-corrected chi connectivity index (χ3v) is 3.69. The maximum absolute atomic E-state index is 4.43. The smallest absolute Gasteiger partial charge is 0.107 e. The summed E-state index contributed by atoms with van der Waals surface area (Å²) in [5.74, 6) is 0. The van der Waals surface area contributed by atoms with E-state index in [1.807, 2.05) is 13.1 Å². The molecule has 5 heteroatoms. The van der Waals surface area contributed by atoms with E-state index >= 15 is 0 Å². The summed E-state index contributed by atoms with van der Waals surface area (Å²) >= 11 is 1.70. The van der Waals surface area contributed by atoms with Gasteiger partial charge in [-0.1, -0.05) is 20.8 Å². The Bertz CT molecular complexity index is 507. The van der Waals surface area contributed by atoms with Crippen molar-refractivity contribution < 1.29 is 0 Å². The van der Waals surface area contributed by atoms with Crippen molar-refractivity contribution >= 4 is 11.3 Å². The lowest BCUT2D eigenvalue weighted by molar-refractivity contribution is 0.553. The predicted octanol–water partition coefficient (Wildman–Crippen LogP) is 2.76. The van der Waals surface area contributed by atoms with Gasteiger partial charge in [0.05, 0.1) is 6.20 Å². The molecule has 2 aromatic rings. The maximum Gasteiger partial charge on any atom is 0.107 e. The minimum Gasteiger partial charge on any atom is -0.306 e. The van der Waals surface area contributed by atoms with Gasteiger partial charge in [0.15, 0.2) is 0 Å². The van der Waals surface area contributed by atoms with Crippen LogP contribution in [0.25, 0.3) is 0 Å². The summed E-state index contributed by atoms with van der Waals surface area (Å²) in [7, 11) is 0. The number of aromatic nitrogens is 3. The van der Waals surface area contributed by atoms with Crippen LogP contribution in [-0.2, 0) is 18.5 Å². The van der Waals surface area contributed by atoms with Gasteiger partial charge in [-0.3, -0.25) is 5.10 Å². The van der Waals surface area contributed by atoms with Crippen molar-refractivity contribution in [1.82, 2.24) is 20.5 Å². The first-order valence-electron chi connectivity index (χ1n) is 6.11. The topological polar surface area (TPSA) is 53.6 Å². The first kappa shape index (κ1) is 13.2. The van der Waals surface area contributed by atoms with Crippen LogP contribution in [-0.4, -0.2) is 15.2 Å². The van der Waals surface area contributed by atoms with E-state index in [1.165, 1.54) is 11.3 Å². The summed E-state index contributed by atoms with van der Waals surface area (Å²) in [5, 5.41) is 13.9. The molecule has 2 heterocycles. The van der Waals surface area contributed by atoms with Gasteiger partial charge in [-0.05, 0) is 6.92 Å². The Hall–Kier alpha value is -1.20. The third kappa shape index (κ3) is 3.17. The molecule has 0 aliphatic carbocycles. The highest BCUT2D eigenvalue weighted by atomic mass is 32.1. The number of hydrogen-bond acceptors (Lipinski definition) is 4. The highest BCUT2D eigenvalue weighted by Gasteiger charge is 2.19. The standard InChI is InChI=1S/C13H20N4S/c1-9-8-18-11(16-9)7-14-5-10-6-15-17-12(10)13(2,3)4/h6,8,14H,5,7H2,1-4H3,(H,15,17). The number of aryl methyl sites for hydroxylation is 1. The minimum atomic E-state index is 0.102. The molecule has 0 spiro atoms. The summed E-state index contributed by atoms with van der Waals surface area (Å²) in [6.07, 6.45) is 1.90. The lowest BCUT2D eigenvalue weighted by Crippen LogP contribution is -2.18. The van der Waals surface area contributed by atoms with Gasteiger partial charge in [-0.15, -0.1) is 11.3 Å². The average Bonchev–Trinajstić information content (AvgIpc) is 2.86. The molecule has 2 N–H and O–H groups in total.